The minimum Gasteiger partial charge on any atom is -0.294 e. The lowest BCUT2D eigenvalue weighted by Crippen LogP contribution is -2.06. The van der Waals surface area contributed by atoms with E-state index >= 15 is 0 Å². The van der Waals surface area contributed by atoms with Crippen LogP contribution in [-0.4, -0.2) is 31.2 Å². The van der Waals surface area contributed by atoms with E-state index in [9.17, 15) is 13.2 Å². The lowest BCUT2D eigenvalue weighted by Gasteiger charge is -2.02. The van der Waals surface area contributed by atoms with Crippen LogP contribution in [0.5, 0.6) is 0 Å². The SMILES string of the molecule is CS(=O)(=O)CCc1cc(C#Cc2ccc(CC(=O)c3ccccc3)cc2)ccn1. The number of hydrogen-bond donors (Lipinski definition) is 0. The van der Waals surface area contributed by atoms with Crippen molar-refractivity contribution in [2.24, 2.45) is 0 Å². The van der Waals surface area contributed by atoms with Crippen molar-refractivity contribution in [2.45, 2.75) is 12.8 Å². The van der Waals surface area contributed by atoms with E-state index in [0.717, 1.165) is 16.7 Å². The predicted octanol–water partition coefficient (Wildman–Crippen LogP) is 3.49. The zero-order chi connectivity index (χ0) is 20.7. The zero-order valence-electron chi connectivity index (χ0n) is 16.1. The molecule has 0 saturated heterocycles. The molecule has 0 aliphatic heterocycles. The fourth-order valence-corrected chi connectivity index (χ4v) is 3.32. The Morgan fingerprint density at radius 3 is 2.31 bits per heavy atom. The van der Waals surface area contributed by atoms with Crippen LogP contribution in [0.2, 0.25) is 0 Å². The van der Waals surface area contributed by atoms with Crippen LogP contribution in [0.1, 0.15) is 32.7 Å². The van der Waals surface area contributed by atoms with Crippen molar-refractivity contribution < 1.29 is 13.2 Å². The van der Waals surface area contributed by atoms with E-state index in [4.69, 9.17) is 0 Å². The van der Waals surface area contributed by atoms with Crippen LogP contribution in [0.4, 0.5) is 0 Å². The van der Waals surface area contributed by atoms with Crippen LogP contribution < -0.4 is 0 Å². The number of pyridine rings is 1. The van der Waals surface area contributed by atoms with E-state index in [1.54, 1.807) is 12.3 Å². The van der Waals surface area contributed by atoms with Gasteiger partial charge in [0.1, 0.15) is 9.84 Å². The maximum atomic E-state index is 12.3. The van der Waals surface area contributed by atoms with E-state index < -0.39 is 9.84 Å². The smallest absolute Gasteiger partial charge is 0.167 e. The van der Waals surface area contributed by atoms with Gasteiger partial charge in [-0.2, -0.15) is 0 Å². The molecule has 4 nitrogen and oxygen atoms in total. The Morgan fingerprint density at radius 1 is 0.931 bits per heavy atom. The molecule has 0 aliphatic carbocycles. The highest BCUT2D eigenvalue weighted by Crippen LogP contribution is 2.10. The Balaban J connectivity index is 1.65. The van der Waals surface area contributed by atoms with Gasteiger partial charge in [0.05, 0.1) is 5.75 Å². The Labute approximate surface area is 171 Å². The number of Topliss-reactive ketones (excluding diaryl/α,β-unsaturated/α-hetero) is 1. The first-order valence-electron chi connectivity index (χ1n) is 9.21. The number of carbonyl (C=O) groups excluding carboxylic acids is 1. The molecule has 0 amide bonds. The summed E-state index contributed by atoms with van der Waals surface area (Å²) in [5, 5.41) is 0. The van der Waals surface area contributed by atoms with Crippen LogP contribution in [0.25, 0.3) is 0 Å². The molecule has 0 spiro atoms. The van der Waals surface area contributed by atoms with Crippen LogP contribution in [0, 0.1) is 11.8 Å². The Morgan fingerprint density at radius 2 is 1.62 bits per heavy atom. The maximum absolute atomic E-state index is 12.3. The molecule has 0 aliphatic rings. The summed E-state index contributed by atoms with van der Waals surface area (Å²) in [4.78, 5) is 16.5. The highest BCUT2D eigenvalue weighted by atomic mass is 32.2. The quantitative estimate of drug-likeness (QED) is 0.467. The summed E-state index contributed by atoms with van der Waals surface area (Å²) in [6, 6.07) is 20.5. The van der Waals surface area contributed by atoms with Crippen molar-refractivity contribution >= 4 is 15.6 Å². The summed E-state index contributed by atoms with van der Waals surface area (Å²) in [5.74, 6) is 6.33. The topological polar surface area (TPSA) is 64.1 Å². The second-order valence-electron chi connectivity index (χ2n) is 6.83. The molecule has 29 heavy (non-hydrogen) atoms. The molecular weight excluding hydrogens is 382 g/mol. The lowest BCUT2D eigenvalue weighted by atomic mass is 10.0. The number of sulfone groups is 1. The summed E-state index contributed by atoms with van der Waals surface area (Å²) in [6.07, 6.45) is 3.58. The number of hydrogen-bond acceptors (Lipinski definition) is 4. The van der Waals surface area contributed by atoms with Crippen LogP contribution in [0.15, 0.2) is 72.9 Å². The molecule has 1 heterocycles. The number of nitrogens with zero attached hydrogens (tertiary/aromatic N) is 1. The second-order valence-corrected chi connectivity index (χ2v) is 9.09. The molecule has 2 aromatic carbocycles. The second kappa shape index (κ2) is 9.31. The van der Waals surface area contributed by atoms with E-state index in [1.807, 2.05) is 60.7 Å². The van der Waals surface area contributed by atoms with Crippen molar-refractivity contribution in [1.82, 2.24) is 4.98 Å². The van der Waals surface area contributed by atoms with Gasteiger partial charge in [-0.05, 0) is 29.8 Å². The average Bonchev–Trinajstić information content (AvgIpc) is 2.72. The van der Waals surface area contributed by atoms with E-state index in [0.29, 0.717) is 24.1 Å². The predicted molar refractivity (Wildman–Crippen MR) is 115 cm³/mol. The number of carbonyl (C=O) groups is 1. The summed E-state index contributed by atoms with van der Waals surface area (Å²) in [5.41, 5.74) is 3.98. The molecule has 146 valence electrons. The number of benzene rings is 2. The van der Waals surface area contributed by atoms with Gasteiger partial charge in [0, 0.05) is 47.7 Å². The third kappa shape index (κ3) is 6.70. The molecule has 0 saturated carbocycles. The van der Waals surface area contributed by atoms with Gasteiger partial charge < -0.3 is 0 Å². The lowest BCUT2D eigenvalue weighted by molar-refractivity contribution is 0.0993. The van der Waals surface area contributed by atoms with Gasteiger partial charge in [-0.15, -0.1) is 0 Å². The summed E-state index contributed by atoms with van der Waals surface area (Å²) >= 11 is 0. The first-order valence-corrected chi connectivity index (χ1v) is 11.3. The Hall–Kier alpha value is -3.23. The fourth-order valence-electron chi connectivity index (χ4n) is 2.74. The van der Waals surface area contributed by atoms with Crippen LogP contribution >= 0.6 is 0 Å². The number of rotatable bonds is 6. The van der Waals surface area contributed by atoms with Crippen molar-refractivity contribution in [1.29, 1.82) is 0 Å². The summed E-state index contributed by atoms with van der Waals surface area (Å²) in [7, 11) is -3.02. The van der Waals surface area contributed by atoms with Crippen molar-refractivity contribution in [3.63, 3.8) is 0 Å². The largest absolute Gasteiger partial charge is 0.294 e. The molecule has 0 N–H and O–H groups in total. The standard InChI is InChI=1S/C24H21NO3S/c1-29(27,28)16-14-23-17-21(13-15-25-23)12-9-19-7-10-20(11-8-19)18-24(26)22-5-3-2-4-6-22/h2-8,10-11,13,15,17H,14,16,18H2,1H3. The Kier molecular flexibility index (Phi) is 6.58. The van der Waals surface area contributed by atoms with Gasteiger partial charge in [0.15, 0.2) is 5.78 Å². The van der Waals surface area contributed by atoms with E-state index in [2.05, 4.69) is 16.8 Å². The Bertz CT molecular complexity index is 1160. The fraction of sp³-hybridized carbons (Fsp3) is 0.167. The zero-order valence-corrected chi connectivity index (χ0v) is 16.9. The molecule has 1 aromatic heterocycles. The molecule has 0 radical (unpaired) electrons. The minimum absolute atomic E-state index is 0.0695. The van der Waals surface area contributed by atoms with Crippen molar-refractivity contribution in [3.8, 4) is 11.8 Å². The third-order valence-corrected chi connectivity index (χ3v) is 5.26. The molecule has 0 bridgehead atoms. The van der Waals surface area contributed by atoms with Gasteiger partial charge in [-0.3, -0.25) is 9.78 Å². The first kappa shape index (κ1) is 20.5. The molecule has 0 fully saturated rings. The monoisotopic (exact) mass is 403 g/mol. The molecular formula is C24H21NO3S. The van der Waals surface area contributed by atoms with E-state index in [1.165, 1.54) is 6.26 Å². The third-order valence-electron chi connectivity index (χ3n) is 4.31. The minimum atomic E-state index is -3.02. The highest BCUT2D eigenvalue weighted by Gasteiger charge is 2.06. The van der Waals surface area contributed by atoms with Crippen molar-refractivity contribution in [2.75, 3.05) is 12.0 Å². The van der Waals surface area contributed by atoms with E-state index in [-0.39, 0.29) is 11.5 Å². The van der Waals surface area contributed by atoms with Gasteiger partial charge in [0.25, 0.3) is 0 Å². The number of aryl methyl sites for hydroxylation is 1. The number of ketones is 1. The number of aromatic nitrogens is 1. The van der Waals surface area contributed by atoms with Crippen LogP contribution in [0.3, 0.4) is 0 Å². The highest BCUT2D eigenvalue weighted by molar-refractivity contribution is 7.90. The molecule has 3 aromatic rings. The van der Waals surface area contributed by atoms with Gasteiger partial charge in [0.2, 0.25) is 0 Å². The molecule has 3 rings (SSSR count). The average molecular weight is 404 g/mol. The first-order chi connectivity index (χ1) is 13.9. The maximum Gasteiger partial charge on any atom is 0.167 e. The van der Waals surface area contributed by atoms with Gasteiger partial charge >= 0.3 is 0 Å². The summed E-state index contributed by atoms with van der Waals surface area (Å²) < 4.78 is 22.6. The molecule has 5 heteroatoms. The molecule has 0 atom stereocenters. The summed E-state index contributed by atoms with van der Waals surface area (Å²) in [6.45, 7) is 0. The molecule has 0 unspecified atom stereocenters. The van der Waals surface area contributed by atoms with Gasteiger partial charge in [-0.1, -0.05) is 54.3 Å². The van der Waals surface area contributed by atoms with Crippen LogP contribution in [-0.2, 0) is 22.7 Å². The van der Waals surface area contributed by atoms with Crippen molar-refractivity contribution in [3.05, 3.63) is 101 Å². The normalized spacial score (nSPS) is 10.8. The van der Waals surface area contributed by atoms with Gasteiger partial charge in [-0.25, -0.2) is 8.42 Å².